The molecule has 0 saturated carbocycles. The van der Waals surface area contributed by atoms with E-state index in [1.165, 1.54) is 5.56 Å². The molecule has 1 fully saturated rings. The number of carbonyl (C=O) groups is 2. The number of piperidine rings is 1. The van der Waals surface area contributed by atoms with Crippen molar-refractivity contribution in [1.82, 2.24) is 20.4 Å². The summed E-state index contributed by atoms with van der Waals surface area (Å²) in [5.74, 6) is 0.580. The van der Waals surface area contributed by atoms with Crippen molar-refractivity contribution in [2.45, 2.75) is 52.0 Å². The number of likely N-dealkylation sites (tertiary alicyclic amines) is 1. The Morgan fingerprint density at radius 1 is 1.13 bits per heavy atom. The molecule has 1 aliphatic rings. The molecule has 1 saturated heterocycles. The van der Waals surface area contributed by atoms with Crippen LogP contribution in [0.4, 0.5) is 5.69 Å². The van der Waals surface area contributed by atoms with E-state index in [9.17, 15) is 9.59 Å². The number of anilines is 1. The maximum atomic E-state index is 13.2. The molecule has 9 nitrogen and oxygen atoms in total. The Kier molecular flexibility index (Phi) is 9.48. The van der Waals surface area contributed by atoms with Crippen LogP contribution in [-0.4, -0.2) is 60.2 Å². The van der Waals surface area contributed by atoms with Gasteiger partial charge < -0.3 is 19.9 Å². The molecular weight excluding hydrogens is 494 g/mol. The van der Waals surface area contributed by atoms with Gasteiger partial charge in [0.25, 0.3) is 5.91 Å². The van der Waals surface area contributed by atoms with Crippen molar-refractivity contribution in [1.29, 1.82) is 0 Å². The maximum absolute atomic E-state index is 13.2. The predicted octanol–water partition coefficient (Wildman–Crippen LogP) is 4.65. The lowest BCUT2D eigenvalue weighted by molar-refractivity contribution is -0.121. The Labute approximate surface area is 230 Å². The summed E-state index contributed by atoms with van der Waals surface area (Å²) in [7, 11) is 1.63. The largest absolute Gasteiger partial charge is 0.385 e. The van der Waals surface area contributed by atoms with E-state index in [-0.39, 0.29) is 23.1 Å². The molecule has 0 bridgehead atoms. The molecule has 208 valence electrons. The molecule has 1 atom stereocenters. The Morgan fingerprint density at radius 2 is 1.90 bits per heavy atom. The smallest absolute Gasteiger partial charge is 0.253 e. The van der Waals surface area contributed by atoms with Crippen LogP contribution in [0.25, 0.3) is 11.4 Å². The number of benzene rings is 2. The van der Waals surface area contributed by atoms with Gasteiger partial charge in [-0.3, -0.25) is 14.5 Å². The van der Waals surface area contributed by atoms with Gasteiger partial charge in [-0.25, -0.2) is 0 Å². The van der Waals surface area contributed by atoms with Crippen molar-refractivity contribution >= 4 is 17.5 Å². The van der Waals surface area contributed by atoms with Crippen molar-refractivity contribution < 1.29 is 18.8 Å². The number of ether oxygens (including phenoxy) is 1. The number of amides is 2. The quantitative estimate of drug-likeness (QED) is 0.365. The Morgan fingerprint density at radius 3 is 2.64 bits per heavy atom. The van der Waals surface area contributed by atoms with Gasteiger partial charge in [0.1, 0.15) is 0 Å². The van der Waals surface area contributed by atoms with Crippen LogP contribution >= 0.6 is 0 Å². The Hall–Kier alpha value is -3.56. The standard InChI is InChI=1S/C30H39N5O4/c1-30(2,3)23-14-12-21(13-15-23)27-33-26(39-34-27)20-35-17-7-9-22(19-35)28(36)32-25-11-6-5-10-24(25)29(37)31-16-8-18-38-4/h5-6,10-15,22H,7-9,16-20H2,1-4H3,(H,31,37)(H,32,36). The average molecular weight is 534 g/mol. The number of aromatic nitrogens is 2. The first-order valence-corrected chi connectivity index (χ1v) is 13.6. The molecule has 2 amide bonds. The molecular formula is C30H39N5O4. The van der Waals surface area contributed by atoms with Gasteiger partial charge in [0.2, 0.25) is 17.6 Å². The van der Waals surface area contributed by atoms with Crippen LogP contribution < -0.4 is 10.6 Å². The summed E-state index contributed by atoms with van der Waals surface area (Å²) in [4.78, 5) is 32.6. The van der Waals surface area contributed by atoms with E-state index in [1.807, 2.05) is 18.2 Å². The van der Waals surface area contributed by atoms with Crippen LogP contribution in [0.3, 0.4) is 0 Å². The minimum Gasteiger partial charge on any atom is -0.385 e. The van der Waals surface area contributed by atoms with E-state index in [2.05, 4.69) is 58.6 Å². The average Bonchev–Trinajstić information content (AvgIpc) is 3.39. The van der Waals surface area contributed by atoms with E-state index >= 15 is 0 Å². The first kappa shape index (κ1) is 28.4. The molecule has 0 radical (unpaired) electrons. The summed E-state index contributed by atoms with van der Waals surface area (Å²) in [6.07, 6.45) is 2.39. The van der Waals surface area contributed by atoms with Crippen molar-refractivity contribution in [3.8, 4) is 11.4 Å². The van der Waals surface area contributed by atoms with E-state index < -0.39 is 0 Å². The number of methoxy groups -OCH3 is 1. The minimum atomic E-state index is -0.215. The molecule has 0 aliphatic carbocycles. The molecule has 3 aromatic rings. The molecule has 39 heavy (non-hydrogen) atoms. The molecule has 2 aromatic carbocycles. The Balaban J connectivity index is 1.34. The predicted molar refractivity (Wildman–Crippen MR) is 150 cm³/mol. The first-order valence-electron chi connectivity index (χ1n) is 13.6. The van der Waals surface area contributed by atoms with E-state index in [1.54, 1.807) is 25.3 Å². The molecule has 0 spiro atoms. The number of nitrogens with zero attached hydrogens (tertiary/aromatic N) is 3. The summed E-state index contributed by atoms with van der Waals surface area (Å²) >= 11 is 0. The number of rotatable bonds is 10. The van der Waals surface area contributed by atoms with Crippen molar-refractivity contribution in [2.75, 3.05) is 38.7 Å². The normalized spacial score (nSPS) is 16.2. The second kappa shape index (κ2) is 13.0. The maximum Gasteiger partial charge on any atom is 0.253 e. The molecule has 4 rings (SSSR count). The molecule has 1 unspecified atom stereocenters. The molecule has 9 heteroatoms. The summed E-state index contributed by atoms with van der Waals surface area (Å²) in [5, 5.41) is 10.0. The molecule has 2 N–H and O–H groups in total. The highest BCUT2D eigenvalue weighted by atomic mass is 16.5. The topological polar surface area (TPSA) is 110 Å². The van der Waals surface area contributed by atoms with Gasteiger partial charge in [0, 0.05) is 32.4 Å². The van der Waals surface area contributed by atoms with Gasteiger partial charge in [-0.1, -0.05) is 62.3 Å². The van der Waals surface area contributed by atoms with E-state index in [0.717, 1.165) is 31.4 Å². The van der Waals surface area contributed by atoms with Gasteiger partial charge in [-0.05, 0) is 48.9 Å². The van der Waals surface area contributed by atoms with Crippen LogP contribution in [-0.2, 0) is 21.5 Å². The van der Waals surface area contributed by atoms with Gasteiger partial charge >= 0.3 is 0 Å². The fourth-order valence-electron chi connectivity index (χ4n) is 4.70. The van der Waals surface area contributed by atoms with Crippen molar-refractivity contribution in [2.24, 2.45) is 5.92 Å². The number of hydrogen-bond acceptors (Lipinski definition) is 7. The lowest BCUT2D eigenvalue weighted by Crippen LogP contribution is -2.40. The highest BCUT2D eigenvalue weighted by Crippen LogP contribution is 2.26. The first-order chi connectivity index (χ1) is 18.7. The number of carbonyl (C=O) groups excluding carboxylic acids is 2. The third-order valence-corrected chi connectivity index (χ3v) is 6.95. The Bertz CT molecular complexity index is 1250. The van der Waals surface area contributed by atoms with Gasteiger partial charge in [0.05, 0.1) is 23.7 Å². The zero-order valence-corrected chi connectivity index (χ0v) is 23.3. The fourth-order valence-corrected chi connectivity index (χ4v) is 4.70. The SMILES string of the molecule is COCCCNC(=O)c1ccccc1NC(=O)C1CCCN(Cc2nc(-c3ccc(C(C)(C)C)cc3)no2)C1. The van der Waals surface area contributed by atoms with Crippen LogP contribution in [0, 0.1) is 5.92 Å². The summed E-state index contributed by atoms with van der Waals surface area (Å²) in [5.41, 5.74) is 3.21. The van der Waals surface area contributed by atoms with Crippen LogP contribution in [0.5, 0.6) is 0 Å². The van der Waals surface area contributed by atoms with Gasteiger partial charge in [0.15, 0.2) is 0 Å². The highest BCUT2D eigenvalue weighted by Gasteiger charge is 2.28. The molecule has 1 aromatic heterocycles. The van der Waals surface area contributed by atoms with Crippen molar-refractivity contribution in [3.63, 3.8) is 0 Å². The third kappa shape index (κ3) is 7.74. The second-order valence-corrected chi connectivity index (χ2v) is 11.1. The second-order valence-electron chi connectivity index (χ2n) is 11.1. The van der Waals surface area contributed by atoms with Gasteiger partial charge in [-0.2, -0.15) is 4.98 Å². The molecule has 1 aliphatic heterocycles. The van der Waals surface area contributed by atoms with Gasteiger partial charge in [-0.15, -0.1) is 0 Å². The number of para-hydroxylation sites is 1. The van der Waals surface area contributed by atoms with Crippen molar-refractivity contribution in [3.05, 3.63) is 65.5 Å². The van der Waals surface area contributed by atoms with E-state index in [4.69, 9.17) is 9.26 Å². The van der Waals surface area contributed by atoms with Crippen LogP contribution in [0.2, 0.25) is 0 Å². The summed E-state index contributed by atoms with van der Waals surface area (Å²) in [6.45, 7) is 9.54. The monoisotopic (exact) mass is 533 g/mol. The number of nitrogens with one attached hydrogen (secondary N) is 2. The minimum absolute atomic E-state index is 0.0800. The lowest BCUT2D eigenvalue weighted by atomic mass is 9.87. The van der Waals surface area contributed by atoms with E-state index in [0.29, 0.717) is 49.2 Å². The zero-order valence-electron chi connectivity index (χ0n) is 23.3. The highest BCUT2D eigenvalue weighted by molar-refractivity contribution is 6.04. The summed E-state index contributed by atoms with van der Waals surface area (Å²) < 4.78 is 10.6. The fraction of sp³-hybridized carbons (Fsp3) is 0.467. The number of hydrogen-bond donors (Lipinski definition) is 2. The zero-order chi connectivity index (χ0) is 27.8. The summed E-state index contributed by atoms with van der Waals surface area (Å²) in [6, 6.07) is 15.3. The van der Waals surface area contributed by atoms with Crippen LogP contribution in [0.1, 0.15) is 61.8 Å². The molecule has 2 heterocycles. The van der Waals surface area contributed by atoms with Crippen LogP contribution in [0.15, 0.2) is 53.1 Å². The lowest BCUT2D eigenvalue weighted by Gasteiger charge is -2.31. The third-order valence-electron chi connectivity index (χ3n) is 6.95.